The van der Waals surface area contributed by atoms with Crippen LogP contribution in [0.5, 0.6) is 0 Å². The second-order valence-corrected chi connectivity index (χ2v) is 14.2. The highest BCUT2D eigenvalue weighted by atomic mass is 16.4. The van der Waals surface area contributed by atoms with Gasteiger partial charge in [-0.05, 0) is 104 Å². The van der Waals surface area contributed by atoms with E-state index in [0.29, 0.717) is 11.8 Å². The van der Waals surface area contributed by atoms with E-state index in [2.05, 4.69) is 100 Å². The first-order valence-electron chi connectivity index (χ1n) is 16.6. The van der Waals surface area contributed by atoms with Crippen LogP contribution in [0.15, 0.2) is 130 Å². The van der Waals surface area contributed by atoms with Gasteiger partial charge in [-0.25, -0.2) is 9.97 Å². The van der Waals surface area contributed by atoms with Gasteiger partial charge in [0.05, 0.1) is 0 Å². The van der Waals surface area contributed by atoms with Gasteiger partial charge in [0.25, 0.3) is 0 Å². The van der Waals surface area contributed by atoms with Gasteiger partial charge in [-0.2, -0.15) is 0 Å². The first-order valence-corrected chi connectivity index (χ1v) is 16.6. The zero-order valence-corrected chi connectivity index (χ0v) is 27.3. The van der Waals surface area contributed by atoms with E-state index in [9.17, 15) is 0 Å². The Morgan fingerprint density at radius 3 is 1.52 bits per heavy atom. The highest BCUT2D eigenvalue weighted by Crippen LogP contribution is 2.59. The van der Waals surface area contributed by atoms with Gasteiger partial charge in [0.2, 0.25) is 11.8 Å². The topological polar surface area (TPSA) is 52.1 Å². The molecule has 0 N–H and O–H groups in total. The molecule has 230 valence electrons. The predicted molar refractivity (Wildman–Crippen MR) is 193 cm³/mol. The summed E-state index contributed by atoms with van der Waals surface area (Å²) in [7, 11) is 0. The lowest BCUT2D eigenvalue weighted by molar-refractivity contribution is 0.617. The summed E-state index contributed by atoms with van der Waals surface area (Å²) >= 11 is 0. The van der Waals surface area contributed by atoms with Crippen molar-refractivity contribution in [2.75, 3.05) is 0 Å². The first-order chi connectivity index (χ1) is 23.3. The quantitative estimate of drug-likeness (QED) is 0.197. The Bertz CT molecular complexity index is 2480. The van der Waals surface area contributed by atoms with E-state index in [1.165, 1.54) is 44.5 Å². The number of benzene rings is 6. The van der Waals surface area contributed by atoms with Gasteiger partial charge in [0.15, 0.2) is 11.2 Å². The van der Waals surface area contributed by atoms with Crippen molar-refractivity contribution < 1.29 is 8.83 Å². The van der Waals surface area contributed by atoms with Crippen molar-refractivity contribution in [2.45, 2.75) is 38.5 Å². The minimum Gasteiger partial charge on any atom is -0.436 e. The third kappa shape index (κ3) is 3.71. The van der Waals surface area contributed by atoms with E-state index in [1.54, 1.807) is 0 Å². The van der Waals surface area contributed by atoms with Crippen LogP contribution in [0.25, 0.3) is 78.5 Å². The van der Waals surface area contributed by atoms with E-state index in [4.69, 9.17) is 18.8 Å². The van der Waals surface area contributed by atoms with E-state index in [-0.39, 0.29) is 10.8 Å². The van der Waals surface area contributed by atoms with Crippen LogP contribution in [-0.2, 0) is 10.8 Å². The van der Waals surface area contributed by atoms with Crippen molar-refractivity contribution in [1.82, 2.24) is 9.97 Å². The molecule has 10 rings (SSSR count). The number of nitrogens with zero attached hydrogens (tertiary/aromatic N) is 2. The smallest absolute Gasteiger partial charge is 0.227 e. The fourth-order valence-corrected chi connectivity index (χ4v) is 8.23. The molecule has 0 atom stereocenters. The Balaban J connectivity index is 1.17. The Kier molecular flexibility index (Phi) is 5.37. The molecule has 4 nitrogen and oxygen atoms in total. The number of fused-ring (bicyclic) bond motifs is 9. The molecule has 48 heavy (non-hydrogen) atoms. The average molecular weight is 621 g/mol. The Morgan fingerprint density at radius 2 is 0.917 bits per heavy atom. The van der Waals surface area contributed by atoms with Gasteiger partial charge in [-0.15, -0.1) is 0 Å². The molecule has 0 spiro atoms. The van der Waals surface area contributed by atoms with Crippen molar-refractivity contribution in [3.8, 4) is 56.3 Å². The summed E-state index contributed by atoms with van der Waals surface area (Å²) in [6, 6.07) is 42.8. The largest absolute Gasteiger partial charge is 0.436 e. The first kappa shape index (κ1) is 27.4. The molecular weight excluding hydrogens is 588 g/mol. The van der Waals surface area contributed by atoms with E-state index < -0.39 is 0 Å². The lowest BCUT2D eigenvalue weighted by Gasteiger charge is -2.24. The molecular formula is C44H32N2O2. The maximum absolute atomic E-state index is 6.27. The molecule has 0 saturated heterocycles. The van der Waals surface area contributed by atoms with Crippen LogP contribution in [0.3, 0.4) is 0 Å². The number of hydrogen-bond donors (Lipinski definition) is 0. The minimum atomic E-state index is -0.168. The van der Waals surface area contributed by atoms with Crippen molar-refractivity contribution in [3.05, 3.63) is 144 Å². The summed E-state index contributed by atoms with van der Waals surface area (Å²) in [6.45, 7) is 9.43. The summed E-state index contributed by atoms with van der Waals surface area (Å²) in [5.41, 5.74) is 17.9. The summed E-state index contributed by atoms with van der Waals surface area (Å²) in [4.78, 5) is 9.70. The molecule has 0 aliphatic heterocycles. The molecule has 2 aromatic heterocycles. The monoisotopic (exact) mass is 620 g/mol. The minimum absolute atomic E-state index is 0.0417. The van der Waals surface area contributed by atoms with E-state index in [1.807, 2.05) is 48.5 Å². The van der Waals surface area contributed by atoms with Crippen molar-refractivity contribution >= 4 is 22.2 Å². The fraction of sp³-hybridized carbons (Fsp3) is 0.136. The van der Waals surface area contributed by atoms with Crippen molar-refractivity contribution in [2.24, 2.45) is 0 Å². The molecule has 4 heteroatoms. The predicted octanol–water partition coefficient (Wildman–Crippen LogP) is 11.6. The Morgan fingerprint density at radius 1 is 0.417 bits per heavy atom. The summed E-state index contributed by atoms with van der Waals surface area (Å²) in [6.07, 6.45) is 0. The number of para-hydroxylation sites is 4. The normalized spacial score (nSPS) is 15.0. The molecule has 0 fully saturated rings. The molecule has 2 aliphatic rings. The molecule has 0 unspecified atom stereocenters. The standard InChI is InChI=1S/C44H32N2O2/c1-43(2)31-12-6-5-11-29(31)39-32(43)19-20-33-40(39)30-18-17-25(24-34(30)44(33,3)4)26-21-27(41-45-35-13-7-9-15-37(35)47-41)23-28(22-26)42-46-36-14-8-10-16-38(36)48-42/h5-24H,1-4H3. The van der Waals surface area contributed by atoms with Crippen molar-refractivity contribution in [3.63, 3.8) is 0 Å². The Hall–Kier alpha value is -5.74. The Labute approximate surface area is 278 Å². The van der Waals surface area contributed by atoms with Gasteiger partial charge in [0, 0.05) is 22.0 Å². The number of rotatable bonds is 3. The molecule has 0 saturated carbocycles. The van der Waals surface area contributed by atoms with Gasteiger partial charge in [-0.3, -0.25) is 0 Å². The van der Waals surface area contributed by atoms with E-state index in [0.717, 1.165) is 44.5 Å². The molecule has 2 aliphatic carbocycles. The number of hydrogen-bond acceptors (Lipinski definition) is 4. The van der Waals surface area contributed by atoms with Crippen LogP contribution in [-0.4, -0.2) is 9.97 Å². The molecule has 0 bridgehead atoms. The summed E-state index contributed by atoms with van der Waals surface area (Å²) in [5.74, 6) is 1.14. The zero-order chi connectivity index (χ0) is 32.4. The lowest BCUT2D eigenvalue weighted by atomic mass is 9.79. The van der Waals surface area contributed by atoms with Crippen LogP contribution >= 0.6 is 0 Å². The SMILES string of the molecule is CC1(C)c2ccccc2-c2c1ccc1c2-c2ccc(-c3cc(-c4nc5ccccc5o4)cc(-c4nc5ccccc5o4)c3)cc2C1(C)C. The average Bonchev–Trinajstić information content (AvgIpc) is 3.85. The lowest BCUT2D eigenvalue weighted by Crippen LogP contribution is -2.17. The highest BCUT2D eigenvalue weighted by molar-refractivity contribution is 5.99. The van der Waals surface area contributed by atoms with Gasteiger partial charge < -0.3 is 8.83 Å². The number of oxazole rings is 2. The van der Waals surface area contributed by atoms with Crippen LogP contribution in [0.2, 0.25) is 0 Å². The van der Waals surface area contributed by atoms with Crippen LogP contribution in [0.1, 0.15) is 49.9 Å². The van der Waals surface area contributed by atoms with Crippen LogP contribution in [0.4, 0.5) is 0 Å². The third-order valence-electron chi connectivity index (χ3n) is 10.7. The fourth-order valence-electron chi connectivity index (χ4n) is 8.23. The highest BCUT2D eigenvalue weighted by Gasteiger charge is 2.43. The molecule has 8 aromatic rings. The second kappa shape index (κ2) is 9.42. The maximum atomic E-state index is 6.27. The van der Waals surface area contributed by atoms with Crippen LogP contribution in [0, 0.1) is 0 Å². The molecule has 2 heterocycles. The number of aromatic nitrogens is 2. The molecule has 6 aromatic carbocycles. The molecule has 0 radical (unpaired) electrons. The summed E-state index contributed by atoms with van der Waals surface area (Å²) in [5, 5.41) is 0. The zero-order valence-electron chi connectivity index (χ0n) is 27.3. The maximum Gasteiger partial charge on any atom is 0.227 e. The van der Waals surface area contributed by atoms with Gasteiger partial charge in [-0.1, -0.05) is 100 Å². The molecule has 0 amide bonds. The van der Waals surface area contributed by atoms with Gasteiger partial charge >= 0.3 is 0 Å². The van der Waals surface area contributed by atoms with E-state index >= 15 is 0 Å². The van der Waals surface area contributed by atoms with Gasteiger partial charge in [0.1, 0.15) is 11.0 Å². The summed E-state index contributed by atoms with van der Waals surface area (Å²) < 4.78 is 12.5. The third-order valence-corrected chi connectivity index (χ3v) is 10.7. The van der Waals surface area contributed by atoms with Crippen LogP contribution < -0.4 is 0 Å². The second-order valence-electron chi connectivity index (χ2n) is 14.2. The van der Waals surface area contributed by atoms with Crippen molar-refractivity contribution in [1.29, 1.82) is 0 Å².